The summed E-state index contributed by atoms with van der Waals surface area (Å²) in [7, 11) is 0. The molecule has 0 aliphatic rings. The quantitative estimate of drug-likeness (QED) is 0.174. The van der Waals surface area contributed by atoms with E-state index in [-0.39, 0.29) is 0 Å². The lowest BCUT2D eigenvalue weighted by molar-refractivity contribution is 0.669. The second-order valence-electron chi connectivity index (χ2n) is 16.4. The van der Waals surface area contributed by atoms with Crippen molar-refractivity contribution >= 4 is 81.8 Å². The summed E-state index contributed by atoms with van der Waals surface area (Å²) in [6.07, 6.45) is 0. The summed E-state index contributed by atoms with van der Waals surface area (Å²) in [5, 5.41) is 9.52. The molecule has 0 unspecified atom stereocenters. The Morgan fingerprint density at radius 1 is 0.333 bits per heavy atom. The SMILES string of the molecule is c1ccc(-c2nc(-c3ccccc3)nc(-c3cccc4oc5ccc(-c6ccc7c(c6)c6ccccc6n7-c6ccc7c(c6)c6cccc8c9ccccc9n7c86)cc5c34)n2)cc1. The molecule has 0 bridgehead atoms. The van der Waals surface area contributed by atoms with E-state index in [1.807, 2.05) is 72.8 Å². The van der Waals surface area contributed by atoms with Crippen LogP contribution in [0.25, 0.3) is 133 Å². The monoisotopic (exact) mass is 803 g/mol. The number of aromatic nitrogens is 5. The number of fused-ring (bicyclic) bond motifs is 12. The van der Waals surface area contributed by atoms with Crippen LogP contribution in [0.15, 0.2) is 205 Å². The van der Waals surface area contributed by atoms with Gasteiger partial charge in [0.1, 0.15) is 11.2 Å². The van der Waals surface area contributed by atoms with Crippen LogP contribution in [0.2, 0.25) is 0 Å². The lowest BCUT2D eigenvalue weighted by Crippen LogP contribution is -2.00. The molecule has 0 atom stereocenters. The van der Waals surface area contributed by atoms with Crippen LogP contribution in [-0.4, -0.2) is 23.9 Å². The summed E-state index contributed by atoms with van der Waals surface area (Å²) in [6.45, 7) is 0. The second-order valence-corrected chi connectivity index (χ2v) is 16.4. The minimum absolute atomic E-state index is 0.598. The summed E-state index contributed by atoms with van der Waals surface area (Å²) < 4.78 is 11.4. The minimum atomic E-state index is 0.598. The summed E-state index contributed by atoms with van der Waals surface area (Å²) in [6, 6.07) is 70.8. The fourth-order valence-electron chi connectivity index (χ4n) is 10.1. The maximum absolute atomic E-state index is 6.53. The van der Waals surface area contributed by atoms with Gasteiger partial charge in [0.25, 0.3) is 0 Å². The number of rotatable bonds is 5. The van der Waals surface area contributed by atoms with Gasteiger partial charge in [0.2, 0.25) is 0 Å². The number of hydrogen-bond acceptors (Lipinski definition) is 4. The van der Waals surface area contributed by atoms with Gasteiger partial charge in [-0.05, 0) is 71.8 Å². The fraction of sp³-hybridized carbons (Fsp3) is 0. The summed E-state index contributed by atoms with van der Waals surface area (Å²) in [5.41, 5.74) is 13.8. The van der Waals surface area contributed by atoms with Gasteiger partial charge in [-0.3, -0.25) is 0 Å². The highest BCUT2D eigenvalue weighted by Crippen LogP contribution is 2.43. The minimum Gasteiger partial charge on any atom is -0.456 e. The molecule has 0 amide bonds. The first-order chi connectivity index (χ1) is 31.2. The Kier molecular flexibility index (Phi) is 7.02. The van der Waals surface area contributed by atoms with Gasteiger partial charge in [-0.2, -0.15) is 0 Å². The molecule has 9 aromatic carbocycles. The lowest BCUT2D eigenvalue weighted by atomic mass is 9.99. The van der Waals surface area contributed by atoms with Gasteiger partial charge in [-0.1, -0.05) is 140 Å². The van der Waals surface area contributed by atoms with E-state index >= 15 is 0 Å². The number of nitrogens with zero attached hydrogens (tertiary/aromatic N) is 5. The van der Waals surface area contributed by atoms with Crippen LogP contribution in [0.5, 0.6) is 0 Å². The molecule has 5 heterocycles. The van der Waals surface area contributed by atoms with Crippen LogP contribution in [0.3, 0.4) is 0 Å². The van der Waals surface area contributed by atoms with Crippen LogP contribution < -0.4 is 0 Å². The standard InChI is InChI=1S/C57H33N5O/c1-3-13-34(14-4-1)55-58-56(35-15-5-2-6-16-35)60-57(59-55)43-21-12-24-52-53(43)46-32-37(26-30-51(46)63-52)36-25-28-49-44(31-36)40-18-8-9-22-47(40)61(49)38-27-29-50-45(33-38)42-20-11-19-41-39-17-7-10-23-48(39)62(50)54(41)42/h1-33H. The van der Waals surface area contributed by atoms with E-state index in [1.165, 1.54) is 54.4 Å². The Balaban J connectivity index is 0.928. The Morgan fingerprint density at radius 3 is 1.63 bits per heavy atom. The molecule has 6 nitrogen and oxygen atoms in total. The summed E-state index contributed by atoms with van der Waals surface area (Å²) in [5.74, 6) is 1.84. The van der Waals surface area contributed by atoms with Crippen LogP contribution >= 0.6 is 0 Å². The third kappa shape index (κ3) is 4.97. The number of hydrogen-bond donors (Lipinski definition) is 0. The molecule has 0 aliphatic carbocycles. The zero-order valence-corrected chi connectivity index (χ0v) is 33.7. The van der Waals surface area contributed by atoms with Crippen molar-refractivity contribution in [2.24, 2.45) is 0 Å². The van der Waals surface area contributed by atoms with Crippen molar-refractivity contribution in [1.29, 1.82) is 0 Å². The number of furan rings is 1. The van der Waals surface area contributed by atoms with Crippen molar-refractivity contribution in [1.82, 2.24) is 23.9 Å². The van der Waals surface area contributed by atoms with Crippen molar-refractivity contribution in [3.8, 4) is 51.0 Å². The van der Waals surface area contributed by atoms with Crippen molar-refractivity contribution in [2.75, 3.05) is 0 Å². The predicted molar refractivity (Wildman–Crippen MR) is 258 cm³/mol. The van der Waals surface area contributed by atoms with Gasteiger partial charge in [0, 0.05) is 65.5 Å². The van der Waals surface area contributed by atoms with Crippen LogP contribution in [-0.2, 0) is 0 Å². The molecule has 6 heteroatoms. The first-order valence-electron chi connectivity index (χ1n) is 21.3. The Morgan fingerprint density at radius 2 is 0.873 bits per heavy atom. The third-order valence-corrected chi connectivity index (χ3v) is 12.9. The first-order valence-corrected chi connectivity index (χ1v) is 21.3. The van der Waals surface area contributed by atoms with Gasteiger partial charge >= 0.3 is 0 Å². The Hall–Kier alpha value is -8.61. The maximum atomic E-state index is 6.53. The normalized spacial score (nSPS) is 12.1. The molecule has 0 radical (unpaired) electrons. The average Bonchev–Trinajstić information content (AvgIpc) is 4.10. The molecule has 0 saturated carbocycles. The first kappa shape index (κ1) is 34.1. The Bertz CT molecular complexity index is 4080. The molecule has 63 heavy (non-hydrogen) atoms. The maximum Gasteiger partial charge on any atom is 0.164 e. The predicted octanol–water partition coefficient (Wildman–Crippen LogP) is 14.7. The molecule has 0 fully saturated rings. The lowest BCUT2D eigenvalue weighted by Gasteiger charge is -2.10. The van der Waals surface area contributed by atoms with Crippen LogP contribution in [0, 0.1) is 0 Å². The molecular weight excluding hydrogens is 771 g/mol. The van der Waals surface area contributed by atoms with Crippen molar-refractivity contribution in [3.05, 3.63) is 200 Å². The molecule has 292 valence electrons. The molecule has 0 saturated heterocycles. The van der Waals surface area contributed by atoms with Gasteiger partial charge in [-0.15, -0.1) is 0 Å². The summed E-state index contributed by atoms with van der Waals surface area (Å²) >= 11 is 0. The van der Waals surface area contributed by atoms with E-state index in [1.54, 1.807) is 0 Å². The van der Waals surface area contributed by atoms with Crippen molar-refractivity contribution in [3.63, 3.8) is 0 Å². The molecule has 14 aromatic rings. The van der Waals surface area contributed by atoms with E-state index in [9.17, 15) is 0 Å². The van der Waals surface area contributed by atoms with Crippen LogP contribution in [0.1, 0.15) is 0 Å². The second kappa shape index (κ2) is 12.9. The number of benzene rings is 9. The smallest absolute Gasteiger partial charge is 0.164 e. The molecular formula is C57H33N5O. The van der Waals surface area contributed by atoms with Gasteiger partial charge in [-0.25, -0.2) is 15.0 Å². The molecule has 14 rings (SSSR count). The van der Waals surface area contributed by atoms with Crippen LogP contribution in [0.4, 0.5) is 0 Å². The largest absolute Gasteiger partial charge is 0.456 e. The van der Waals surface area contributed by atoms with E-state index < -0.39 is 0 Å². The molecule has 5 aromatic heterocycles. The summed E-state index contributed by atoms with van der Waals surface area (Å²) in [4.78, 5) is 15.1. The number of para-hydroxylation sites is 3. The molecule has 0 N–H and O–H groups in total. The van der Waals surface area contributed by atoms with E-state index in [2.05, 4.69) is 136 Å². The van der Waals surface area contributed by atoms with Crippen molar-refractivity contribution < 1.29 is 4.42 Å². The van der Waals surface area contributed by atoms with Gasteiger partial charge in [0.05, 0.1) is 27.6 Å². The third-order valence-electron chi connectivity index (χ3n) is 12.9. The molecule has 0 spiro atoms. The van der Waals surface area contributed by atoms with E-state index in [0.29, 0.717) is 17.5 Å². The van der Waals surface area contributed by atoms with E-state index in [0.717, 1.165) is 61.0 Å². The van der Waals surface area contributed by atoms with Crippen molar-refractivity contribution in [2.45, 2.75) is 0 Å². The molecule has 0 aliphatic heterocycles. The zero-order chi connectivity index (χ0) is 41.2. The fourth-order valence-corrected chi connectivity index (χ4v) is 10.1. The highest BCUT2D eigenvalue weighted by molar-refractivity contribution is 6.23. The topological polar surface area (TPSA) is 61.2 Å². The zero-order valence-electron chi connectivity index (χ0n) is 33.7. The van der Waals surface area contributed by atoms with Gasteiger partial charge < -0.3 is 13.4 Å². The Labute approximate surface area is 359 Å². The van der Waals surface area contributed by atoms with Gasteiger partial charge in [0.15, 0.2) is 17.5 Å². The highest BCUT2D eigenvalue weighted by Gasteiger charge is 2.21. The average molecular weight is 804 g/mol. The van der Waals surface area contributed by atoms with E-state index in [4.69, 9.17) is 19.4 Å². The highest BCUT2D eigenvalue weighted by atomic mass is 16.3.